The Morgan fingerprint density at radius 1 is 1.40 bits per heavy atom. The number of fused-ring (bicyclic) bond motifs is 1. The second kappa shape index (κ2) is 5.32. The number of benzene rings is 1. The van der Waals surface area contributed by atoms with Crippen LogP contribution in [0.25, 0.3) is 10.9 Å². The molecule has 2 aromatic rings. The van der Waals surface area contributed by atoms with E-state index < -0.39 is 17.7 Å². The van der Waals surface area contributed by atoms with Crippen LogP contribution in [0.2, 0.25) is 0 Å². The minimum atomic E-state index is -0.822. The lowest BCUT2D eigenvalue weighted by Gasteiger charge is -2.21. The van der Waals surface area contributed by atoms with Gasteiger partial charge in [0.25, 0.3) is 0 Å². The minimum Gasteiger partial charge on any atom is -0.444 e. The maximum atomic E-state index is 11.7. The Morgan fingerprint density at radius 2 is 2.10 bits per heavy atom. The molecule has 1 heterocycles. The first-order valence-corrected chi connectivity index (χ1v) is 6.28. The molecule has 6 heteroatoms. The van der Waals surface area contributed by atoms with E-state index in [1.807, 2.05) is 24.3 Å². The largest absolute Gasteiger partial charge is 0.444 e. The number of alkyl carbamates (subject to hydrolysis) is 1. The van der Waals surface area contributed by atoms with Crippen molar-refractivity contribution in [3.63, 3.8) is 0 Å². The van der Waals surface area contributed by atoms with Gasteiger partial charge in [-0.25, -0.2) is 4.79 Å². The third-order valence-electron chi connectivity index (χ3n) is 2.61. The van der Waals surface area contributed by atoms with Gasteiger partial charge in [0.1, 0.15) is 17.9 Å². The number of aromatic nitrogens is 2. The Hall–Kier alpha value is -2.37. The predicted octanol–water partition coefficient (Wildman–Crippen LogP) is 2.33. The summed E-state index contributed by atoms with van der Waals surface area (Å²) in [7, 11) is 0. The van der Waals surface area contributed by atoms with E-state index in [0.29, 0.717) is 12.0 Å². The van der Waals surface area contributed by atoms with Crippen LogP contribution in [-0.4, -0.2) is 28.2 Å². The Kier molecular flexibility index (Phi) is 3.74. The van der Waals surface area contributed by atoms with Crippen LogP contribution in [0.5, 0.6) is 0 Å². The van der Waals surface area contributed by atoms with Crippen molar-refractivity contribution in [3.05, 3.63) is 30.0 Å². The van der Waals surface area contributed by atoms with Crippen molar-refractivity contribution in [3.8, 4) is 0 Å². The molecule has 2 N–H and O–H groups in total. The molecule has 1 amide bonds. The van der Waals surface area contributed by atoms with Gasteiger partial charge in [-0.15, -0.1) is 0 Å². The SMILES string of the molecule is CC(C)(C)OC(=O)NC(C=O)c1[nH]nc2ccccc12. The van der Waals surface area contributed by atoms with Crippen molar-refractivity contribution in [1.29, 1.82) is 0 Å². The molecule has 0 fully saturated rings. The number of amides is 1. The average molecular weight is 275 g/mol. The molecule has 0 saturated heterocycles. The predicted molar refractivity (Wildman–Crippen MR) is 74.3 cm³/mol. The van der Waals surface area contributed by atoms with Crippen molar-refractivity contribution >= 4 is 23.3 Å². The molecule has 6 nitrogen and oxygen atoms in total. The van der Waals surface area contributed by atoms with Gasteiger partial charge < -0.3 is 14.8 Å². The van der Waals surface area contributed by atoms with Gasteiger partial charge >= 0.3 is 6.09 Å². The Morgan fingerprint density at radius 3 is 2.75 bits per heavy atom. The number of aldehydes is 1. The number of ether oxygens (including phenoxy) is 1. The average Bonchev–Trinajstić information content (AvgIpc) is 2.77. The number of nitrogens with one attached hydrogen (secondary N) is 2. The lowest BCUT2D eigenvalue weighted by atomic mass is 10.1. The van der Waals surface area contributed by atoms with Crippen molar-refractivity contribution in [1.82, 2.24) is 15.5 Å². The Bertz CT molecular complexity index is 628. The van der Waals surface area contributed by atoms with Gasteiger partial charge in [-0.05, 0) is 26.8 Å². The third kappa shape index (κ3) is 3.14. The highest BCUT2D eigenvalue weighted by molar-refractivity contribution is 5.86. The van der Waals surface area contributed by atoms with Crippen LogP contribution in [0, 0.1) is 0 Å². The number of carbonyl (C=O) groups excluding carboxylic acids is 2. The summed E-state index contributed by atoms with van der Waals surface area (Å²) >= 11 is 0. The molecule has 2 rings (SSSR count). The van der Waals surface area contributed by atoms with E-state index in [1.54, 1.807) is 20.8 Å². The van der Waals surface area contributed by atoms with E-state index in [9.17, 15) is 9.59 Å². The normalized spacial score (nSPS) is 12.9. The highest BCUT2D eigenvalue weighted by Gasteiger charge is 2.22. The molecule has 1 aromatic carbocycles. The molecule has 0 saturated carbocycles. The zero-order valence-corrected chi connectivity index (χ0v) is 11.6. The standard InChI is InChI=1S/C14H17N3O3/c1-14(2,3)20-13(19)15-11(8-18)12-9-6-4-5-7-10(9)16-17-12/h4-8,11H,1-3H3,(H,15,19)(H,16,17). The summed E-state index contributed by atoms with van der Waals surface area (Å²) in [5.74, 6) is 0. The molecule has 0 aliphatic heterocycles. The number of para-hydroxylation sites is 1. The van der Waals surface area contributed by atoms with Crippen LogP contribution in [0.15, 0.2) is 24.3 Å². The van der Waals surface area contributed by atoms with E-state index >= 15 is 0 Å². The summed E-state index contributed by atoms with van der Waals surface area (Å²) in [6, 6.07) is 6.53. The first-order chi connectivity index (χ1) is 9.40. The van der Waals surface area contributed by atoms with E-state index in [-0.39, 0.29) is 0 Å². The zero-order chi connectivity index (χ0) is 14.8. The van der Waals surface area contributed by atoms with Gasteiger partial charge in [0, 0.05) is 5.39 Å². The summed E-state index contributed by atoms with van der Waals surface area (Å²) in [5.41, 5.74) is 0.662. The van der Waals surface area contributed by atoms with Crippen molar-refractivity contribution in [2.24, 2.45) is 0 Å². The fourth-order valence-electron chi connectivity index (χ4n) is 1.83. The second-order valence-corrected chi connectivity index (χ2v) is 5.41. The second-order valence-electron chi connectivity index (χ2n) is 5.41. The number of H-pyrrole nitrogens is 1. The molecular weight excluding hydrogens is 258 g/mol. The molecular formula is C14H17N3O3. The van der Waals surface area contributed by atoms with Crippen molar-refractivity contribution < 1.29 is 14.3 Å². The molecule has 0 aliphatic carbocycles. The summed E-state index contributed by atoms with van der Waals surface area (Å²) in [6.07, 6.45) is -0.00238. The van der Waals surface area contributed by atoms with Gasteiger partial charge in [0.05, 0.1) is 11.2 Å². The number of aromatic amines is 1. The van der Waals surface area contributed by atoms with E-state index in [4.69, 9.17) is 4.74 Å². The summed E-state index contributed by atoms with van der Waals surface area (Å²) in [6.45, 7) is 5.27. The number of nitrogens with zero attached hydrogens (tertiary/aromatic N) is 1. The molecule has 0 bridgehead atoms. The first kappa shape index (κ1) is 14.0. The molecule has 1 atom stereocenters. The number of hydrogen-bond acceptors (Lipinski definition) is 4. The highest BCUT2D eigenvalue weighted by atomic mass is 16.6. The maximum absolute atomic E-state index is 11.7. The van der Waals surface area contributed by atoms with Crippen LogP contribution in [0.3, 0.4) is 0 Å². The quantitative estimate of drug-likeness (QED) is 0.842. The highest BCUT2D eigenvalue weighted by Crippen LogP contribution is 2.20. The number of hydrogen-bond donors (Lipinski definition) is 2. The van der Waals surface area contributed by atoms with Gasteiger partial charge in [0.2, 0.25) is 0 Å². The van der Waals surface area contributed by atoms with Gasteiger partial charge in [-0.2, -0.15) is 5.10 Å². The van der Waals surface area contributed by atoms with Gasteiger partial charge in [-0.1, -0.05) is 18.2 Å². The molecule has 20 heavy (non-hydrogen) atoms. The summed E-state index contributed by atoms with van der Waals surface area (Å²) in [4.78, 5) is 23.0. The molecule has 0 spiro atoms. The molecule has 0 radical (unpaired) electrons. The van der Waals surface area contributed by atoms with E-state index in [0.717, 1.165) is 10.9 Å². The van der Waals surface area contributed by atoms with Gasteiger partial charge in [0.15, 0.2) is 0 Å². The van der Waals surface area contributed by atoms with Crippen molar-refractivity contribution in [2.75, 3.05) is 0 Å². The summed E-state index contributed by atoms with van der Waals surface area (Å²) in [5, 5.41) is 10.2. The smallest absolute Gasteiger partial charge is 0.408 e. The topological polar surface area (TPSA) is 84.1 Å². The minimum absolute atomic E-state index is 0.543. The van der Waals surface area contributed by atoms with Crippen LogP contribution in [0.1, 0.15) is 32.5 Å². The molecule has 106 valence electrons. The van der Waals surface area contributed by atoms with E-state index in [2.05, 4.69) is 15.5 Å². The monoisotopic (exact) mass is 275 g/mol. The fourth-order valence-corrected chi connectivity index (χ4v) is 1.83. The summed E-state index contributed by atoms with van der Waals surface area (Å²) < 4.78 is 5.14. The third-order valence-corrected chi connectivity index (χ3v) is 2.61. The van der Waals surface area contributed by atoms with Crippen LogP contribution in [-0.2, 0) is 9.53 Å². The molecule has 0 aliphatic rings. The first-order valence-electron chi connectivity index (χ1n) is 6.28. The zero-order valence-electron chi connectivity index (χ0n) is 11.6. The lowest BCUT2D eigenvalue weighted by molar-refractivity contribution is -0.109. The fraction of sp³-hybridized carbons (Fsp3) is 0.357. The lowest BCUT2D eigenvalue weighted by Crippen LogP contribution is -2.35. The molecule has 1 aromatic heterocycles. The van der Waals surface area contributed by atoms with Crippen LogP contribution < -0.4 is 5.32 Å². The molecule has 1 unspecified atom stereocenters. The van der Waals surface area contributed by atoms with Crippen LogP contribution in [0.4, 0.5) is 4.79 Å². The Labute approximate surface area is 116 Å². The van der Waals surface area contributed by atoms with Gasteiger partial charge in [-0.3, -0.25) is 5.10 Å². The Balaban J connectivity index is 2.20. The number of rotatable bonds is 3. The van der Waals surface area contributed by atoms with Crippen LogP contribution >= 0.6 is 0 Å². The van der Waals surface area contributed by atoms with Crippen molar-refractivity contribution in [2.45, 2.75) is 32.4 Å². The maximum Gasteiger partial charge on any atom is 0.408 e. The van der Waals surface area contributed by atoms with E-state index in [1.165, 1.54) is 0 Å². The number of carbonyl (C=O) groups is 2.